The van der Waals surface area contributed by atoms with E-state index >= 15 is 0 Å². The molecule has 0 atom stereocenters. The van der Waals surface area contributed by atoms with Gasteiger partial charge in [-0.25, -0.2) is 9.97 Å². The summed E-state index contributed by atoms with van der Waals surface area (Å²) in [5, 5.41) is 0. The van der Waals surface area contributed by atoms with E-state index in [4.69, 9.17) is 10.5 Å². The molecule has 0 fully saturated rings. The van der Waals surface area contributed by atoms with Crippen LogP contribution in [0.25, 0.3) is 0 Å². The third-order valence-electron chi connectivity index (χ3n) is 2.42. The predicted molar refractivity (Wildman–Crippen MR) is 70.1 cm³/mol. The average Bonchev–Trinajstić information content (AvgIpc) is 2.28. The van der Waals surface area contributed by atoms with Crippen LogP contribution in [0, 0.1) is 13.8 Å². The quantitative estimate of drug-likeness (QED) is 0.923. The van der Waals surface area contributed by atoms with Crippen LogP contribution in [0.3, 0.4) is 0 Å². The molecule has 0 bridgehead atoms. The molecule has 1 heterocycles. The van der Waals surface area contributed by atoms with Gasteiger partial charge in [0.25, 0.3) is 0 Å². The van der Waals surface area contributed by atoms with Gasteiger partial charge in [-0.1, -0.05) is 15.9 Å². The van der Waals surface area contributed by atoms with Crippen LogP contribution in [0.2, 0.25) is 0 Å². The minimum atomic E-state index is 0.435. The molecule has 2 aromatic rings. The van der Waals surface area contributed by atoms with Crippen molar-refractivity contribution < 1.29 is 4.74 Å². The molecule has 0 aliphatic carbocycles. The number of aromatic nitrogens is 2. The fourth-order valence-electron chi connectivity index (χ4n) is 1.38. The van der Waals surface area contributed by atoms with Gasteiger partial charge in [0.05, 0.1) is 5.56 Å². The number of aryl methyl sites for hydroxylation is 1. The van der Waals surface area contributed by atoms with Gasteiger partial charge in [-0.05, 0) is 37.6 Å². The first-order valence-corrected chi connectivity index (χ1v) is 5.88. The summed E-state index contributed by atoms with van der Waals surface area (Å²) in [5.41, 5.74) is 7.47. The fourth-order valence-corrected chi connectivity index (χ4v) is 1.86. The van der Waals surface area contributed by atoms with Gasteiger partial charge in [0.15, 0.2) is 0 Å². The largest absolute Gasteiger partial charge is 0.438 e. The summed E-state index contributed by atoms with van der Waals surface area (Å²) in [6.45, 7) is 3.80. The molecule has 2 N–H and O–H groups in total. The van der Waals surface area contributed by atoms with Gasteiger partial charge >= 0.3 is 0 Å². The van der Waals surface area contributed by atoms with Crippen LogP contribution in [0.15, 0.2) is 29.0 Å². The van der Waals surface area contributed by atoms with Gasteiger partial charge in [0.2, 0.25) is 5.88 Å². The van der Waals surface area contributed by atoms with Crippen molar-refractivity contribution in [3.05, 3.63) is 40.1 Å². The second-order valence-electron chi connectivity index (χ2n) is 3.70. The normalized spacial score (nSPS) is 10.3. The first kappa shape index (κ1) is 11.9. The Bertz CT molecular complexity index is 557. The van der Waals surface area contributed by atoms with Crippen LogP contribution in [-0.2, 0) is 0 Å². The molecular weight excluding hydrogens is 282 g/mol. The molecular formula is C12H12BrN3O. The lowest BCUT2D eigenvalue weighted by Gasteiger charge is -2.10. The molecule has 2 rings (SSSR count). The highest BCUT2D eigenvalue weighted by molar-refractivity contribution is 9.10. The highest BCUT2D eigenvalue weighted by Crippen LogP contribution is 2.28. The third kappa shape index (κ3) is 2.55. The van der Waals surface area contributed by atoms with Gasteiger partial charge in [0.1, 0.15) is 17.9 Å². The lowest BCUT2D eigenvalue weighted by molar-refractivity contribution is 0.454. The van der Waals surface area contributed by atoms with Crippen molar-refractivity contribution in [1.82, 2.24) is 9.97 Å². The smallest absolute Gasteiger partial charge is 0.227 e. The Hall–Kier alpha value is -1.62. The molecule has 4 nitrogen and oxygen atoms in total. The Morgan fingerprint density at radius 1 is 1.24 bits per heavy atom. The van der Waals surface area contributed by atoms with E-state index < -0.39 is 0 Å². The summed E-state index contributed by atoms with van der Waals surface area (Å²) in [6.07, 6.45) is 1.39. The molecule has 0 saturated heterocycles. The predicted octanol–water partition coefficient (Wildman–Crippen LogP) is 3.23. The lowest BCUT2D eigenvalue weighted by Crippen LogP contribution is -1.99. The van der Waals surface area contributed by atoms with E-state index in [0.29, 0.717) is 11.7 Å². The SMILES string of the molecule is Cc1cc(Br)ccc1Oc1ncnc(N)c1C. The van der Waals surface area contributed by atoms with Crippen LogP contribution in [0.5, 0.6) is 11.6 Å². The van der Waals surface area contributed by atoms with Crippen LogP contribution in [0.4, 0.5) is 5.82 Å². The first-order chi connectivity index (χ1) is 8.08. The Morgan fingerprint density at radius 2 is 2.00 bits per heavy atom. The molecule has 0 aliphatic heterocycles. The zero-order valence-corrected chi connectivity index (χ0v) is 11.2. The molecule has 0 radical (unpaired) electrons. The standard InChI is InChI=1S/C12H12BrN3O/c1-7-5-9(13)3-4-10(7)17-12-8(2)11(14)15-6-16-12/h3-6H,1-2H3,(H2,14,15,16). The van der Waals surface area contributed by atoms with Crippen molar-refractivity contribution >= 4 is 21.7 Å². The number of halogens is 1. The van der Waals surface area contributed by atoms with Crippen LogP contribution < -0.4 is 10.5 Å². The molecule has 0 amide bonds. The number of nitrogens with zero attached hydrogens (tertiary/aromatic N) is 2. The molecule has 17 heavy (non-hydrogen) atoms. The molecule has 0 saturated carbocycles. The Balaban J connectivity index is 2.35. The van der Waals surface area contributed by atoms with Crippen LogP contribution in [-0.4, -0.2) is 9.97 Å². The summed E-state index contributed by atoms with van der Waals surface area (Å²) in [4.78, 5) is 7.97. The lowest BCUT2D eigenvalue weighted by atomic mass is 10.2. The average molecular weight is 294 g/mol. The Morgan fingerprint density at radius 3 is 2.71 bits per heavy atom. The summed E-state index contributed by atoms with van der Waals surface area (Å²) in [6, 6.07) is 5.79. The van der Waals surface area contributed by atoms with E-state index in [1.165, 1.54) is 6.33 Å². The van der Waals surface area contributed by atoms with E-state index in [2.05, 4.69) is 25.9 Å². The Kier molecular flexibility index (Phi) is 3.28. The molecule has 0 unspecified atom stereocenters. The fraction of sp³-hybridized carbons (Fsp3) is 0.167. The molecule has 5 heteroatoms. The monoisotopic (exact) mass is 293 g/mol. The van der Waals surface area contributed by atoms with E-state index in [1.54, 1.807) is 0 Å². The maximum absolute atomic E-state index is 5.72. The molecule has 88 valence electrons. The number of ether oxygens (including phenoxy) is 1. The topological polar surface area (TPSA) is 61.0 Å². The number of nitrogens with two attached hydrogens (primary N) is 1. The van der Waals surface area contributed by atoms with Gasteiger partial charge in [0, 0.05) is 4.47 Å². The first-order valence-electron chi connectivity index (χ1n) is 5.09. The molecule has 1 aromatic carbocycles. The minimum Gasteiger partial charge on any atom is -0.438 e. The second-order valence-corrected chi connectivity index (χ2v) is 4.62. The highest BCUT2D eigenvalue weighted by atomic mass is 79.9. The highest BCUT2D eigenvalue weighted by Gasteiger charge is 2.08. The number of hydrogen-bond donors (Lipinski definition) is 1. The zero-order chi connectivity index (χ0) is 12.4. The van der Waals surface area contributed by atoms with Gasteiger partial charge < -0.3 is 10.5 Å². The molecule has 0 aliphatic rings. The molecule has 0 spiro atoms. The summed E-state index contributed by atoms with van der Waals surface area (Å²) in [5.74, 6) is 1.68. The number of nitrogen functional groups attached to an aromatic ring is 1. The number of hydrogen-bond acceptors (Lipinski definition) is 4. The second kappa shape index (κ2) is 4.71. The van der Waals surface area contributed by atoms with E-state index in [1.807, 2.05) is 32.0 Å². The summed E-state index contributed by atoms with van der Waals surface area (Å²) < 4.78 is 6.74. The van der Waals surface area contributed by atoms with Crippen molar-refractivity contribution in [3.63, 3.8) is 0 Å². The van der Waals surface area contributed by atoms with Crippen molar-refractivity contribution in [2.24, 2.45) is 0 Å². The number of benzene rings is 1. The minimum absolute atomic E-state index is 0.435. The molecule has 1 aromatic heterocycles. The van der Waals surface area contributed by atoms with E-state index in [-0.39, 0.29) is 0 Å². The maximum atomic E-state index is 5.72. The zero-order valence-electron chi connectivity index (χ0n) is 9.57. The van der Waals surface area contributed by atoms with E-state index in [9.17, 15) is 0 Å². The van der Waals surface area contributed by atoms with Crippen molar-refractivity contribution in [3.8, 4) is 11.6 Å². The number of anilines is 1. The summed E-state index contributed by atoms with van der Waals surface area (Å²) in [7, 11) is 0. The van der Waals surface area contributed by atoms with Crippen molar-refractivity contribution in [2.45, 2.75) is 13.8 Å². The number of rotatable bonds is 2. The van der Waals surface area contributed by atoms with Crippen LogP contribution in [0.1, 0.15) is 11.1 Å². The third-order valence-corrected chi connectivity index (χ3v) is 2.91. The van der Waals surface area contributed by atoms with E-state index in [0.717, 1.165) is 21.3 Å². The Labute approximate surface area is 108 Å². The van der Waals surface area contributed by atoms with Gasteiger partial charge in [-0.3, -0.25) is 0 Å². The van der Waals surface area contributed by atoms with Gasteiger partial charge in [-0.2, -0.15) is 0 Å². The van der Waals surface area contributed by atoms with Crippen LogP contribution >= 0.6 is 15.9 Å². The van der Waals surface area contributed by atoms with Crippen molar-refractivity contribution in [1.29, 1.82) is 0 Å². The summed E-state index contributed by atoms with van der Waals surface area (Å²) >= 11 is 3.41. The maximum Gasteiger partial charge on any atom is 0.227 e. The van der Waals surface area contributed by atoms with Gasteiger partial charge in [-0.15, -0.1) is 0 Å². The van der Waals surface area contributed by atoms with Crippen molar-refractivity contribution in [2.75, 3.05) is 5.73 Å².